The van der Waals surface area contributed by atoms with Crippen LogP contribution in [0.4, 0.5) is 0 Å². The third-order valence-electron chi connectivity index (χ3n) is 4.82. The Hall–Kier alpha value is -3.44. The molecule has 0 atom stereocenters. The van der Waals surface area contributed by atoms with Gasteiger partial charge in [-0.15, -0.1) is 0 Å². The van der Waals surface area contributed by atoms with Gasteiger partial charge in [-0.2, -0.15) is 9.29 Å². The molecule has 176 valence electrons. The van der Waals surface area contributed by atoms with E-state index >= 15 is 0 Å². The van der Waals surface area contributed by atoms with E-state index in [0.29, 0.717) is 18.2 Å². The highest BCUT2D eigenvalue weighted by atomic mass is 32.2. The Morgan fingerprint density at radius 2 is 1.67 bits per heavy atom. The number of benzene rings is 2. The van der Waals surface area contributed by atoms with Gasteiger partial charge in [0, 0.05) is 19.7 Å². The minimum Gasteiger partial charge on any atom is -0.497 e. The van der Waals surface area contributed by atoms with Crippen LogP contribution in [0.2, 0.25) is 0 Å². The van der Waals surface area contributed by atoms with E-state index in [9.17, 15) is 13.2 Å². The molecule has 0 aliphatic rings. The normalized spacial score (nSPS) is 11.4. The Labute approximate surface area is 192 Å². The molecule has 3 rings (SSSR count). The monoisotopic (exact) mass is 474 g/mol. The molecule has 0 fully saturated rings. The van der Waals surface area contributed by atoms with E-state index in [1.807, 2.05) is 31.2 Å². The van der Waals surface area contributed by atoms with Crippen molar-refractivity contribution in [3.05, 3.63) is 54.4 Å². The standard InChI is InChI=1S/C22H26N4O6S/c1-5-31-18-8-6-16(7-9-18)22-23-20(32-24-22)14-25(2)21(27)15-26(3)33(28,29)19-12-10-17(30-4)11-13-19/h6-13H,5,14-15H2,1-4H3. The summed E-state index contributed by atoms with van der Waals surface area (Å²) in [5.41, 5.74) is 0.743. The number of carbonyl (C=O) groups excluding carboxylic acids is 1. The Kier molecular flexibility index (Phi) is 7.67. The predicted octanol–water partition coefficient (Wildman–Crippen LogP) is 2.42. The van der Waals surface area contributed by atoms with Crippen molar-refractivity contribution in [1.29, 1.82) is 0 Å². The number of amides is 1. The van der Waals surface area contributed by atoms with E-state index in [-0.39, 0.29) is 23.9 Å². The van der Waals surface area contributed by atoms with Crippen LogP contribution in [0.5, 0.6) is 11.5 Å². The van der Waals surface area contributed by atoms with E-state index in [4.69, 9.17) is 14.0 Å². The summed E-state index contributed by atoms with van der Waals surface area (Å²) in [6, 6.07) is 13.2. The van der Waals surface area contributed by atoms with Crippen molar-refractivity contribution in [3.8, 4) is 22.9 Å². The maximum Gasteiger partial charge on any atom is 0.246 e. The third kappa shape index (κ3) is 5.88. The predicted molar refractivity (Wildman–Crippen MR) is 120 cm³/mol. The molecule has 0 saturated carbocycles. The van der Waals surface area contributed by atoms with Gasteiger partial charge in [-0.25, -0.2) is 8.42 Å². The first-order valence-electron chi connectivity index (χ1n) is 10.1. The van der Waals surface area contributed by atoms with Gasteiger partial charge in [0.15, 0.2) is 0 Å². The summed E-state index contributed by atoms with van der Waals surface area (Å²) in [5, 5.41) is 3.95. The molecule has 1 amide bonds. The average molecular weight is 475 g/mol. The number of hydrogen-bond donors (Lipinski definition) is 0. The van der Waals surface area contributed by atoms with Gasteiger partial charge in [0.05, 0.1) is 31.7 Å². The first-order valence-corrected chi connectivity index (χ1v) is 11.6. The summed E-state index contributed by atoms with van der Waals surface area (Å²) in [5.74, 6) is 1.47. The number of rotatable bonds is 10. The van der Waals surface area contributed by atoms with Gasteiger partial charge in [-0.05, 0) is 55.5 Å². The number of ether oxygens (including phenoxy) is 2. The molecule has 0 bridgehead atoms. The second-order valence-corrected chi connectivity index (χ2v) is 9.20. The number of carbonyl (C=O) groups is 1. The molecule has 10 nitrogen and oxygen atoms in total. The van der Waals surface area contributed by atoms with E-state index < -0.39 is 15.9 Å². The van der Waals surface area contributed by atoms with E-state index in [1.54, 1.807) is 12.1 Å². The zero-order valence-electron chi connectivity index (χ0n) is 18.9. The van der Waals surface area contributed by atoms with Crippen LogP contribution in [-0.2, 0) is 21.4 Å². The van der Waals surface area contributed by atoms with Crippen LogP contribution >= 0.6 is 0 Å². The molecule has 1 heterocycles. The van der Waals surface area contributed by atoms with E-state index in [0.717, 1.165) is 15.6 Å². The largest absolute Gasteiger partial charge is 0.497 e. The lowest BCUT2D eigenvalue weighted by Gasteiger charge is -2.20. The summed E-state index contributed by atoms with van der Waals surface area (Å²) in [4.78, 5) is 18.3. The van der Waals surface area contributed by atoms with Crippen molar-refractivity contribution < 1.29 is 27.2 Å². The van der Waals surface area contributed by atoms with Gasteiger partial charge in [-0.3, -0.25) is 4.79 Å². The smallest absolute Gasteiger partial charge is 0.246 e. The Bertz CT molecular complexity index is 1180. The third-order valence-corrected chi connectivity index (χ3v) is 6.63. The Morgan fingerprint density at radius 1 is 1.03 bits per heavy atom. The maximum absolute atomic E-state index is 12.7. The molecule has 3 aromatic rings. The van der Waals surface area contributed by atoms with Crippen LogP contribution in [0.15, 0.2) is 57.9 Å². The minimum absolute atomic E-state index is 0.0410. The van der Waals surface area contributed by atoms with Crippen LogP contribution in [0.3, 0.4) is 0 Å². The van der Waals surface area contributed by atoms with Crippen molar-refractivity contribution in [2.75, 3.05) is 34.4 Å². The van der Waals surface area contributed by atoms with E-state index in [2.05, 4.69) is 10.1 Å². The number of likely N-dealkylation sites (N-methyl/N-ethyl adjacent to an activating group) is 2. The lowest BCUT2D eigenvalue weighted by atomic mass is 10.2. The molecule has 0 N–H and O–H groups in total. The van der Waals surface area contributed by atoms with Gasteiger partial charge in [-0.1, -0.05) is 5.16 Å². The van der Waals surface area contributed by atoms with Crippen molar-refractivity contribution in [2.24, 2.45) is 0 Å². The quantitative estimate of drug-likeness (QED) is 0.440. The summed E-state index contributed by atoms with van der Waals surface area (Å²) in [6.45, 7) is 2.18. The van der Waals surface area contributed by atoms with E-state index in [1.165, 1.54) is 38.2 Å². The Morgan fingerprint density at radius 3 is 2.27 bits per heavy atom. The van der Waals surface area contributed by atoms with Crippen LogP contribution < -0.4 is 9.47 Å². The summed E-state index contributed by atoms with van der Waals surface area (Å²) >= 11 is 0. The van der Waals surface area contributed by atoms with Crippen molar-refractivity contribution in [3.63, 3.8) is 0 Å². The second kappa shape index (κ2) is 10.5. The molecule has 0 saturated heterocycles. The average Bonchev–Trinajstić information content (AvgIpc) is 3.28. The second-order valence-electron chi connectivity index (χ2n) is 7.16. The first kappa shape index (κ1) is 24.2. The van der Waals surface area contributed by atoms with Crippen LogP contribution in [0.1, 0.15) is 12.8 Å². The lowest BCUT2D eigenvalue weighted by Crippen LogP contribution is -2.39. The zero-order valence-corrected chi connectivity index (χ0v) is 19.7. The summed E-state index contributed by atoms with van der Waals surface area (Å²) < 4.78 is 42.2. The number of hydrogen-bond acceptors (Lipinski definition) is 8. The number of methoxy groups -OCH3 is 1. The molecule has 1 aromatic heterocycles. The highest BCUT2D eigenvalue weighted by molar-refractivity contribution is 7.89. The molecule has 0 aliphatic carbocycles. The van der Waals surface area contributed by atoms with Crippen molar-refractivity contribution >= 4 is 15.9 Å². The molecule has 0 aliphatic heterocycles. The minimum atomic E-state index is -3.84. The molecule has 0 unspecified atom stereocenters. The number of aromatic nitrogens is 2. The number of nitrogens with zero attached hydrogens (tertiary/aromatic N) is 4. The van der Waals surface area contributed by atoms with Gasteiger partial charge in [0.1, 0.15) is 11.5 Å². The van der Waals surface area contributed by atoms with Crippen molar-refractivity contribution in [1.82, 2.24) is 19.3 Å². The highest BCUT2D eigenvalue weighted by Gasteiger charge is 2.25. The zero-order chi connectivity index (χ0) is 24.0. The topological polar surface area (TPSA) is 115 Å². The molecule has 33 heavy (non-hydrogen) atoms. The fourth-order valence-corrected chi connectivity index (χ4v) is 4.04. The summed E-state index contributed by atoms with van der Waals surface area (Å²) in [6.07, 6.45) is 0. The fourth-order valence-electron chi connectivity index (χ4n) is 2.92. The van der Waals surface area contributed by atoms with Crippen LogP contribution in [0.25, 0.3) is 11.4 Å². The van der Waals surface area contributed by atoms with Gasteiger partial charge in [0.25, 0.3) is 0 Å². The molecule has 0 radical (unpaired) electrons. The van der Waals surface area contributed by atoms with Crippen LogP contribution in [0, 0.1) is 0 Å². The molecule has 11 heteroatoms. The highest BCUT2D eigenvalue weighted by Crippen LogP contribution is 2.21. The van der Waals surface area contributed by atoms with Gasteiger partial charge < -0.3 is 18.9 Å². The van der Waals surface area contributed by atoms with Crippen LogP contribution in [-0.4, -0.2) is 68.0 Å². The van der Waals surface area contributed by atoms with Crippen molar-refractivity contribution in [2.45, 2.75) is 18.4 Å². The summed E-state index contributed by atoms with van der Waals surface area (Å²) in [7, 11) is 0.546. The maximum atomic E-state index is 12.7. The van der Waals surface area contributed by atoms with Gasteiger partial charge >= 0.3 is 0 Å². The number of sulfonamides is 1. The molecule has 2 aromatic carbocycles. The fraction of sp³-hybridized carbons (Fsp3) is 0.318. The SMILES string of the molecule is CCOc1ccc(-c2noc(CN(C)C(=O)CN(C)S(=O)(=O)c3ccc(OC)cc3)n2)cc1. The van der Waals surface area contributed by atoms with Gasteiger partial charge in [0.2, 0.25) is 27.6 Å². The molecular formula is C22H26N4O6S. The molecular weight excluding hydrogens is 448 g/mol. The Balaban J connectivity index is 1.61. The molecule has 0 spiro atoms. The first-order chi connectivity index (χ1) is 15.7. The lowest BCUT2D eigenvalue weighted by molar-refractivity contribution is -0.130.